The molecular formula is C17H18N4O3S. The highest BCUT2D eigenvalue weighted by atomic mass is 32.2. The number of ether oxygens (including phenoxy) is 2. The molecule has 25 heavy (non-hydrogen) atoms. The second-order valence-electron chi connectivity index (χ2n) is 5.23. The van der Waals surface area contributed by atoms with Crippen molar-refractivity contribution in [3.8, 4) is 11.5 Å². The first kappa shape index (κ1) is 17.1. The van der Waals surface area contributed by atoms with Crippen molar-refractivity contribution in [1.82, 2.24) is 14.6 Å². The minimum atomic E-state index is -0.372. The number of rotatable bonds is 6. The van der Waals surface area contributed by atoms with E-state index in [1.54, 1.807) is 32.4 Å². The number of hydrogen-bond acceptors (Lipinski definition) is 6. The Balaban J connectivity index is 1.75. The highest BCUT2D eigenvalue weighted by molar-refractivity contribution is 8.00. The fourth-order valence-corrected chi connectivity index (χ4v) is 3.10. The van der Waals surface area contributed by atoms with E-state index in [2.05, 4.69) is 15.5 Å². The third-order valence-electron chi connectivity index (χ3n) is 3.60. The number of benzene rings is 1. The molecule has 0 aliphatic rings. The maximum atomic E-state index is 12.6. The summed E-state index contributed by atoms with van der Waals surface area (Å²) >= 11 is 1.34. The number of methoxy groups -OCH3 is 2. The van der Waals surface area contributed by atoms with Gasteiger partial charge in [-0.3, -0.25) is 9.20 Å². The lowest BCUT2D eigenvalue weighted by Crippen LogP contribution is -2.23. The third kappa shape index (κ3) is 3.69. The number of fused-ring (bicyclic) bond motifs is 1. The van der Waals surface area contributed by atoms with Crippen molar-refractivity contribution in [2.75, 3.05) is 19.5 Å². The molecule has 0 aliphatic heterocycles. The van der Waals surface area contributed by atoms with Crippen molar-refractivity contribution >= 4 is 29.0 Å². The Morgan fingerprint density at radius 2 is 2.04 bits per heavy atom. The van der Waals surface area contributed by atoms with Crippen LogP contribution in [0.2, 0.25) is 0 Å². The molecule has 130 valence electrons. The Hall–Kier alpha value is -2.74. The van der Waals surface area contributed by atoms with E-state index in [0.717, 1.165) is 5.65 Å². The van der Waals surface area contributed by atoms with E-state index < -0.39 is 0 Å². The molecule has 0 saturated carbocycles. The topological polar surface area (TPSA) is 77.8 Å². The predicted molar refractivity (Wildman–Crippen MR) is 96.5 cm³/mol. The van der Waals surface area contributed by atoms with E-state index in [9.17, 15) is 4.79 Å². The molecule has 2 heterocycles. The first-order valence-electron chi connectivity index (χ1n) is 7.61. The molecule has 0 fully saturated rings. The van der Waals surface area contributed by atoms with Crippen LogP contribution in [-0.4, -0.2) is 40.0 Å². The lowest BCUT2D eigenvalue weighted by molar-refractivity contribution is -0.115. The molecule has 0 bridgehead atoms. The molecule has 0 aliphatic carbocycles. The number of anilines is 1. The van der Waals surface area contributed by atoms with Crippen LogP contribution in [0.3, 0.4) is 0 Å². The van der Waals surface area contributed by atoms with Crippen LogP contribution >= 0.6 is 11.8 Å². The minimum Gasteiger partial charge on any atom is -0.497 e. The van der Waals surface area contributed by atoms with Crippen LogP contribution in [0.5, 0.6) is 11.5 Å². The predicted octanol–water partition coefficient (Wildman–Crippen LogP) is 2.87. The van der Waals surface area contributed by atoms with Gasteiger partial charge in [0.2, 0.25) is 5.91 Å². The second kappa shape index (κ2) is 7.43. The Bertz CT molecular complexity index is 896. The van der Waals surface area contributed by atoms with Crippen LogP contribution in [-0.2, 0) is 4.79 Å². The molecule has 0 radical (unpaired) electrons. The molecule has 2 aromatic heterocycles. The normalized spacial score (nSPS) is 12.0. The van der Waals surface area contributed by atoms with Crippen molar-refractivity contribution < 1.29 is 14.3 Å². The first-order valence-corrected chi connectivity index (χ1v) is 8.49. The number of amides is 1. The maximum absolute atomic E-state index is 12.6. The van der Waals surface area contributed by atoms with E-state index in [0.29, 0.717) is 22.3 Å². The van der Waals surface area contributed by atoms with Gasteiger partial charge in [-0.15, -0.1) is 10.2 Å². The highest BCUT2D eigenvalue weighted by Gasteiger charge is 2.19. The van der Waals surface area contributed by atoms with E-state index in [1.165, 1.54) is 11.8 Å². The van der Waals surface area contributed by atoms with Gasteiger partial charge in [0, 0.05) is 12.3 Å². The molecule has 1 N–H and O–H groups in total. The van der Waals surface area contributed by atoms with Crippen LogP contribution < -0.4 is 14.8 Å². The third-order valence-corrected chi connectivity index (χ3v) is 4.66. The van der Waals surface area contributed by atoms with E-state index in [4.69, 9.17) is 9.47 Å². The van der Waals surface area contributed by atoms with E-state index in [1.807, 2.05) is 35.7 Å². The van der Waals surface area contributed by atoms with E-state index >= 15 is 0 Å². The van der Waals surface area contributed by atoms with Crippen molar-refractivity contribution in [3.63, 3.8) is 0 Å². The summed E-state index contributed by atoms with van der Waals surface area (Å²) in [6.45, 7) is 1.82. The fourth-order valence-electron chi connectivity index (χ4n) is 2.26. The molecule has 1 atom stereocenters. The van der Waals surface area contributed by atoms with Gasteiger partial charge in [-0.25, -0.2) is 0 Å². The van der Waals surface area contributed by atoms with Crippen LogP contribution in [0, 0.1) is 0 Å². The minimum absolute atomic E-state index is 0.163. The highest BCUT2D eigenvalue weighted by Crippen LogP contribution is 2.30. The zero-order chi connectivity index (χ0) is 17.8. The van der Waals surface area contributed by atoms with Crippen molar-refractivity contribution in [2.24, 2.45) is 0 Å². The summed E-state index contributed by atoms with van der Waals surface area (Å²) in [6, 6.07) is 10.9. The molecule has 8 heteroatoms. The summed E-state index contributed by atoms with van der Waals surface area (Å²) in [5.41, 5.74) is 1.30. The zero-order valence-corrected chi connectivity index (χ0v) is 14.9. The van der Waals surface area contributed by atoms with Crippen LogP contribution in [0.25, 0.3) is 5.65 Å². The molecule has 7 nitrogen and oxygen atoms in total. The smallest absolute Gasteiger partial charge is 0.237 e. The zero-order valence-electron chi connectivity index (χ0n) is 14.1. The largest absolute Gasteiger partial charge is 0.497 e. The van der Waals surface area contributed by atoms with Gasteiger partial charge < -0.3 is 14.8 Å². The number of nitrogens with one attached hydrogen (secondary N) is 1. The van der Waals surface area contributed by atoms with Crippen LogP contribution in [0.15, 0.2) is 47.8 Å². The average Bonchev–Trinajstić information content (AvgIpc) is 3.04. The summed E-state index contributed by atoms with van der Waals surface area (Å²) in [7, 11) is 3.13. The number of nitrogens with zero attached hydrogens (tertiary/aromatic N) is 3. The SMILES string of the molecule is COc1ccc(OC)c(NC(=O)C(C)Sc2nnc3ccccn23)c1. The summed E-state index contributed by atoms with van der Waals surface area (Å²) in [5, 5.41) is 11.4. The number of thioether (sulfide) groups is 1. The number of carbonyl (C=O) groups is 1. The molecule has 3 rings (SSSR count). The average molecular weight is 358 g/mol. The van der Waals surface area contributed by atoms with E-state index in [-0.39, 0.29) is 11.2 Å². The lowest BCUT2D eigenvalue weighted by Gasteiger charge is -2.14. The monoisotopic (exact) mass is 358 g/mol. The number of hydrogen-bond donors (Lipinski definition) is 1. The Morgan fingerprint density at radius 3 is 2.80 bits per heavy atom. The van der Waals surface area contributed by atoms with Crippen molar-refractivity contribution in [3.05, 3.63) is 42.6 Å². The van der Waals surface area contributed by atoms with Gasteiger partial charge >= 0.3 is 0 Å². The Kier molecular flexibility index (Phi) is 5.08. The van der Waals surface area contributed by atoms with Gasteiger partial charge in [0.05, 0.1) is 25.2 Å². The number of pyridine rings is 1. The van der Waals surface area contributed by atoms with Crippen molar-refractivity contribution in [1.29, 1.82) is 0 Å². The molecule has 1 aromatic carbocycles. The first-order chi connectivity index (χ1) is 12.1. The molecule has 3 aromatic rings. The lowest BCUT2D eigenvalue weighted by atomic mass is 10.2. The maximum Gasteiger partial charge on any atom is 0.237 e. The number of aromatic nitrogens is 3. The Morgan fingerprint density at radius 1 is 1.20 bits per heavy atom. The van der Waals surface area contributed by atoms with Gasteiger partial charge in [-0.2, -0.15) is 0 Å². The van der Waals surface area contributed by atoms with Gasteiger partial charge in [0.1, 0.15) is 11.5 Å². The van der Waals surface area contributed by atoms with Crippen LogP contribution in [0.4, 0.5) is 5.69 Å². The molecule has 1 unspecified atom stereocenters. The molecule has 0 spiro atoms. The van der Waals surface area contributed by atoms with Gasteiger partial charge in [-0.05, 0) is 31.2 Å². The van der Waals surface area contributed by atoms with Crippen LogP contribution in [0.1, 0.15) is 6.92 Å². The quantitative estimate of drug-likeness (QED) is 0.683. The molecule has 0 saturated heterocycles. The molecule has 1 amide bonds. The van der Waals surface area contributed by atoms with Crippen molar-refractivity contribution in [2.45, 2.75) is 17.3 Å². The standard InChI is InChI=1S/C17H18N4O3S/c1-11(25-17-20-19-15-6-4-5-9-21(15)17)16(22)18-13-10-12(23-2)7-8-14(13)24-3/h4-11H,1-3H3,(H,18,22). The fraction of sp³-hybridized carbons (Fsp3) is 0.235. The van der Waals surface area contributed by atoms with Gasteiger partial charge in [-0.1, -0.05) is 17.8 Å². The summed E-state index contributed by atoms with van der Waals surface area (Å²) in [5.74, 6) is 1.04. The Labute approximate surface area is 149 Å². The second-order valence-corrected chi connectivity index (χ2v) is 6.53. The van der Waals surface area contributed by atoms with Gasteiger partial charge in [0.25, 0.3) is 0 Å². The summed E-state index contributed by atoms with van der Waals surface area (Å²) in [6.07, 6.45) is 1.87. The summed E-state index contributed by atoms with van der Waals surface area (Å²) in [4.78, 5) is 12.6. The summed E-state index contributed by atoms with van der Waals surface area (Å²) < 4.78 is 12.3. The number of carbonyl (C=O) groups excluding carboxylic acids is 1. The van der Waals surface area contributed by atoms with Gasteiger partial charge in [0.15, 0.2) is 10.8 Å². The molecular weight excluding hydrogens is 340 g/mol.